The first kappa shape index (κ1) is 13.6. The summed E-state index contributed by atoms with van der Waals surface area (Å²) in [5.41, 5.74) is 2.15. The van der Waals surface area contributed by atoms with Crippen LogP contribution in [0.15, 0.2) is 36.0 Å². The van der Waals surface area contributed by atoms with Crippen LogP contribution in [0.1, 0.15) is 25.8 Å². The summed E-state index contributed by atoms with van der Waals surface area (Å²) in [4.78, 5) is 11.4. The number of carbonyl (C=O) groups is 1. The Bertz CT molecular complexity index is 398. The van der Waals surface area contributed by atoms with E-state index in [4.69, 9.17) is 11.6 Å². The van der Waals surface area contributed by atoms with E-state index in [0.29, 0.717) is 11.6 Å². The summed E-state index contributed by atoms with van der Waals surface area (Å²) >= 11 is 5.77. The smallest absolute Gasteiger partial charge is 0.319 e. The van der Waals surface area contributed by atoms with Crippen molar-refractivity contribution in [3.63, 3.8) is 0 Å². The Hall–Kier alpha value is -1.48. The molecule has 0 saturated carbocycles. The molecule has 3 nitrogen and oxygen atoms in total. The SMILES string of the molecule is CC/C(C)=C/NC(=O)NCc1ccc(Cl)cc1. The summed E-state index contributed by atoms with van der Waals surface area (Å²) in [5, 5.41) is 6.13. The van der Waals surface area contributed by atoms with Gasteiger partial charge in [-0.2, -0.15) is 0 Å². The van der Waals surface area contributed by atoms with E-state index in [1.807, 2.05) is 26.0 Å². The number of rotatable bonds is 4. The number of urea groups is 1. The number of hydrogen-bond donors (Lipinski definition) is 2. The molecule has 92 valence electrons. The molecule has 0 aliphatic carbocycles. The summed E-state index contributed by atoms with van der Waals surface area (Å²) in [6.45, 7) is 4.50. The van der Waals surface area contributed by atoms with Gasteiger partial charge in [-0.05, 0) is 31.0 Å². The second-order valence-corrected chi connectivity index (χ2v) is 4.23. The van der Waals surface area contributed by atoms with Gasteiger partial charge in [-0.3, -0.25) is 0 Å². The van der Waals surface area contributed by atoms with E-state index in [0.717, 1.165) is 17.6 Å². The number of hydrogen-bond acceptors (Lipinski definition) is 1. The Labute approximate surface area is 107 Å². The molecule has 0 saturated heterocycles. The van der Waals surface area contributed by atoms with E-state index >= 15 is 0 Å². The summed E-state index contributed by atoms with van der Waals surface area (Å²) in [7, 11) is 0. The van der Waals surface area contributed by atoms with Crippen LogP contribution in [0.2, 0.25) is 5.02 Å². The van der Waals surface area contributed by atoms with Gasteiger partial charge in [0, 0.05) is 17.8 Å². The minimum Gasteiger partial charge on any atom is -0.334 e. The van der Waals surface area contributed by atoms with Crippen molar-refractivity contribution in [2.24, 2.45) is 0 Å². The molecule has 0 spiro atoms. The Morgan fingerprint density at radius 1 is 1.35 bits per heavy atom. The molecule has 1 aromatic rings. The van der Waals surface area contributed by atoms with Crippen molar-refractivity contribution in [2.75, 3.05) is 0 Å². The van der Waals surface area contributed by atoms with Gasteiger partial charge >= 0.3 is 6.03 Å². The van der Waals surface area contributed by atoms with Gasteiger partial charge in [0.25, 0.3) is 0 Å². The lowest BCUT2D eigenvalue weighted by molar-refractivity contribution is 0.243. The third-order valence-electron chi connectivity index (χ3n) is 2.37. The van der Waals surface area contributed by atoms with Gasteiger partial charge in [-0.15, -0.1) is 0 Å². The van der Waals surface area contributed by atoms with E-state index in [1.165, 1.54) is 0 Å². The van der Waals surface area contributed by atoms with Gasteiger partial charge in [0.2, 0.25) is 0 Å². The van der Waals surface area contributed by atoms with Crippen LogP contribution in [-0.2, 0) is 6.54 Å². The average molecular weight is 253 g/mol. The largest absolute Gasteiger partial charge is 0.334 e. The van der Waals surface area contributed by atoms with E-state index in [-0.39, 0.29) is 6.03 Å². The average Bonchev–Trinajstić information content (AvgIpc) is 2.35. The zero-order chi connectivity index (χ0) is 12.7. The highest BCUT2D eigenvalue weighted by Gasteiger charge is 1.98. The van der Waals surface area contributed by atoms with Crippen molar-refractivity contribution in [3.05, 3.63) is 46.6 Å². The normalized spacial score (nSPS) is 11.1. The maximum absolute atomic E-state index is 11.4. The fourth-order valence-electron chi connectivity index (χ4n) is 1.13. The van der Waals surface area contributed by atoms with E-state index in [1.54, 1.807) is 18.3 Å². The monoisotopic (exact) mass is 252 g/mol. The van der Waals surface area contributed by atoms with Crippen molar-refractivity contribution in [1.29, 1.82) is 0 Å². The van der Waals surface area contributed by atoms with E-state index < -0.39 is 0 Å². The fourth-order valence-corrected chi connectivity index (χ4v) is 1.25. The highest BCUT2D eigenvalue weighted by atomic mass is 35.5. The molecule has 2 amide bonds. The van der Waals surface area contributed by atoms with Crippen LogP contribution in [-0.4, -0.2) is 6.03 Å². The van der Waals surface area contributed by atoms with Crippen LogP contribution in [0.3, 0.4) is 0 Å². The molecule has 1 aromatic carbocycles. The highest BCUT2D eigenvalue weighted by molar-refractivity contribution is 6.30. The first-order chi connectivity index (χ1) is 8.11. The van der Waals surface area contributed by atoms with Gasteiger partial charge in [-0.1, -0.05) is 36.2 Å². The first-order valence-corrected chi connectivity index (χ1v) is 5.94. The summed E-state index contributed by atoms with van der Waals surface area (Å²) in [5.74, 6) is 0. The number of benzene rings is 1. The van der Waals surface area contributed by atoms with Crippen LogP contribution < -0.4 is 10.6 Å². The van der Waals surface area contributed by atoms with Crippen molar-refractivity contribution in [3.8, 4) is 0 Å². The molecule has 0 unspecified atom stereocenters. The predicted molar refractivity (Wildman–Crippen MR) is 70.9 cm³/mol. The maximum Gasteiger partial charge on any atom is 0.319 e. The molecule has 0 radical (unpaired) electrons. The van der Waals surface area contributed by atoms with Crippen molar-refractivity contribution in [2.45, 2.75) is 26.8 Å². The number of allylic oxidation sites excluding steroid dienone is 1. The first-order valence-electron chi connectivity index (χ1n) is 5.56. The lowest BCUT2D eigenvalue weighted by Gasteiger charge is -2.05. The third kappa shape index (κ3) is 5.41. The Kier molecular flexibility index (Phi) is 5.57. The molecule has 17 heavy (non-hydrogen) atoms. The van der Waals surface area contributed by atoms with Crippen LogP contribution in [0.4, 0.5) is 4.79 Å². The zero-order valence-electron chi connectivity index (χ0n) is 10.1. The number of halogens is 1. The van der Waals surface area contributed by atoms with E-state index in [9.17, 15) is 4.79 Å². The van der Waals surface area contributed by atoms with Crippen LogP contribution in [0.25, 0.3) is 0 Å². The van der Waals surface area contributed by atoms with Gasteiger partial charge in [0.15, 0.2) is 0 Å². The predicted octanol–water partition coefficient (Wildman–Crippen LogP) is 3.45. The standard InChI is InChI=1S/C13H17ClN2O/c1-3-10(2)8-15-13(17)16-9-11-4-6-12(14)7-5-11/h4-8H,3,9H2,1-2H3,(H2,15,16,17)/b10-8+. The molecular weight excluding hydrogens is 236 g/mol. The van der Waals surface area contributed by atoms with E-state index in [2.05, 4.69) is 10.6 Å². The summed E-state index contributed by atoms with van der Waals surface area (Å²) in [6.07, 6.45) is 2.65. The molecular formula is C13H17ClN2O. The Balaban J connectivity index is 2.36. The minimum atomic E-state index is -0.201. The lowest BCUT2D eigenvalue weighted by Crippen LogP contribution is -2.31. The van der Waals surface area contributed by atoms with Crippen molar-refractivity contribution < 1.29 is 4.79 Å². The molecule has 0 aliphatic rings. The molecule has 0 aliphatic heterocycles. The van der Waals surface area contributed by atoms with Gasteiger partial charge in [0.1, 0.15) is 0 Å². The molecule has 0 bridgehead atoms. The molecule has 0 aromatic heterocycles. The van der Waals surface area contributed by atoms with Crippen LogP contribution in [0.5, 0.6) is 0 Å². The Morgan fingerprint density at radius 3 is 2.59 bits per heavy atom. The molecule has 0 heterocycles. The van der Waals surface area contributed by atoms with Crippen molar-refractivity contribution >= 4 is 17.6 Å². The molecule has 0 fully saturated rings. The number of carbonyl (C=O) groups excluding carboxylic acids is 1. The number of amides is 2. The molecule has 4 heteroatoms. The second kappa shape index (κ2) is 6.97. The summed E-state index contributed by atoms with van der Waals surface area (Å²) in [6, 6.07) is 7.17. The molecule has 1 rings (SSSR count). The highest BCUT2D eigenvalue weighted by Crippen LogP contribution is 2.08. The lowest BCUT2D eigenvalue weighted by atomic mass is 10.2. The molecule has 0 atom stereocenters. The molecule has 2 N–H and O–H groups in total. The topological polar surface area (TPSA) is 41.1 Å². The Morgan fingerprint density at radius 2 is 2.00 bits per heavy atom. The third-order valence-corrected chi connectivity index (χ3v) is 2.63. The second-order valence-electron chi connectivity index (χ2n) is 3.80. The van der Waals surface area contributed by atoms with Gasteiger partial charge in [0.05, 0.1) is 0 Å². The maximum atomic E-state index is 11.4. The summed E-state index contributed by atoms with van der Waals surface area (Å²) < 4.78 is 0. The fraction of sp³-hybridized carbons (Fsp3) is 0.308. The van der Waals surface area contributed by atoms with Gasteiger partial charge < -0.3 is 10.6 Å². The number of nitrogens with one attached hydrogen (secondary N) is 2. The minimum absolute atomic E-state index is 0.201. The van der Waals surface area contributed by atoms with Crippen molar-refractivity contribution in [1.82, 2.24) is 10.6 Å². The zero-order valence-corrected chi connectivity index (χ0v) is 10.8. The van der Waals surface area contributed by atoms with Gasteiger partial charge in [-0.25, -0.2) is 4.79 Å². The van der Waals surface area contributed by atoms with Crippen LogP contribution >= 0.6 is 11.6 Å². The quantitative estimate of drug-likeness (QED) is 0.847. The van der Waals surface area contributed by atoms with Crippen LogP contribution in [0, 0.1) is 0 Å².